The summed E-state index contributed by atoms with van der Waals surface area (Å²) in [5, 5.41) is 9.39. The summed E-state index contributed by atoms with van der Waals surface area (Å²) in [7, 11) is 3.93. The van der Waals surface area contributed by atoms with Gasteiger partial charge in [-0.2, -0.15) is 5.10 Å². The van der Waals surface area contributed by atoms with Gasteiger partial charge in [0.2, 0.25) is 0 Å². The number of nitrogens with zero attached hydrogens (tertiary/aromatic N) is 5. The Morgan fingerprint density at radius 3 is 2.59 bits per heavy atom. The Morgan fingerprint density at radius 1 is 0.865 bits per heavy atom. The number of hydrogen-bond acceptors (Lipinski definition) is 6. The second-order valence-corrected chi connectivity index (χ2v) is 9.03. The third-order valence-electron chi connectivity index (χ3n) is 6.13. The fourth-order valence-corrected chi connectivity index (χ4v) is 4.32. The molecule has 0 aliphatic carbocycles. The second kappa shape index (κ2) is 9.44. The van der Waals surface area contributed by atoms with Crippen LogP contribution < -0.4 is 4.74 Å². The minimum Gasteiger partial charge on any atom is -0.492 e. The van der Waals surface area contributed by atoms with Crippen molar-refractivity contribution in [3.05, 3.63) is 79.0 Å². The molecule has 37 heavy (non-hydrogen) atoms. The zero-order valence-corrected chi connectivity index (χ0v) is 20.4. The highest BCUT2D eigenvalue weighted by atomic mass is 19.1. The van der Waals surface area contributed by atoms with Crippen molar-refractivity contribution in [2.45, 2.75) is 0 Å². The molecular formula is C28H24FN7O. The van der Waals surface area contributed by atoms with E-state index in [9.17, 15) is 4.39 Å². The van der Waals surface area contributed by atoms with Crippen LogP contribution in [-0.2, 0) is 0 Å². The van der Waals surface area contributed by atoms with Crippen LogP contribution in [0.3, 0.4) is 0 Å². The zero-order chi connectivity index (χ0) is 25.4. The fourth-order valence-electron chi connectivity index (χ4n) is 4.32. The minimum atomic E-state index is -0.375. The molecule has 0 saturated carbocycles. The standard InChI is InChI=1S/C28H24FN7O/c1-36(2)9-10-37-19-12-17(11-18(29)13-19)27-20-15-25(33-22(20)6-8-31-27)28-21-14-24(23-5-3-4-7-30-23)32-16-26(21)34-35-28/h3-8,11-16,33H,9-10H2,1-2H3,(H,34,35). The van der Waals surface area contributed by atoms with Gasteiger partial charge in [-0.1, -0.05) is 6.07 Å². The van der Waals surface area contributed by atoms with Crippen LogP contribution in [0.4, 0.5) is 4.39 Å². The molecule has 184 valence electrons. The van der Waals surface area contributed by atoms with Crippen molar-refractivity contribution in [3.63, 3.8) is 0 Å². The number of rotatable bonds is 7. The molecule has 8 nitrogen and oxygen atoms in total. The number of H-pyrrole nitrogens is 2. The van der Waals surface area contributed by atoms with Crippen LogP contribution in [0.25, 0.3) is 55.8 Å². The van der Waals surface area contributed by atoms with Crippen LogP contribution in [-0.4, -0.2) is 62.3 Å². The Labute approximate surface area is 212 Å². The minimum absolute atomic E-state index is 0.375. The van der Waals surface area contributed by atoms with E-state index in [0.29, 0.717) is 23.6 Å². The molecule has 0 amide bonds. The number of likely N-dealkylation sites (N-methyl/N-ethyl adjacent to an activating group) is 1. The van der Waals surface area contributed by atoms with Gasteiger partial charge >= 0.3 is 0 Å². The summed E-state index contributed by atoms with van der Waals surface area (Å²) < 4.78 is 20.3. The third-order valence-corrected chi connectivity index (χ3v) is 6.13. The van der Waals surface area contributed by atoms with Gasteiger partial charge in [0.05, 0.1) is 34.5 Å². The fraction of sp³-hybridized carbons (Fsp3) is 0.143. The SMILES string of the molecule is CN(C)CCOc1cc(F)cc(-c2nccc3[nH]c(-c4n[nH]c5cnc(-c6ccccn6)cc45)cc23)c1. The van der Waals surface area contributed by atoms with Gasteiger partial charge in [0.1, 0.15) is 23.9 Å². The number of nitrogens with one attached hydrogen (secondary N) is 2. The van der Waals surface area contributed by atoms with E-state index in [4.69, 9.17) is 4.74 Å². The summed E-state index contributed by atoms with van der Waals surface area (Å²) in [6, 6.07) is 16.3. The molecule has 9 heteroatoms. The molecule has 0 saturated heterocycles. The van der Waals surface area contributed by atoms with Gasteiger partial charge in [0.25, 0.3) is 0 Å². The number of aromatic nitrogens is 6. The predicted octanol–water partition coefficient (Wildman–Crippen LogP) is 5.31. The maximum atomic E-state index is 14.5. The topological polar surface area (TPSA) is 95.6 Å². The molecule has 0 bridgehead atoms. The molecule has 5 aromatic heterocycles. The van der Waals surface area contributed by atoms with E-state index in [2.05, 4.69) is 30.1 Å². The molecule has 2 N–H and O–H groups in total. The van der Waals surface area contributed by atoms with Gasteiger partial charge in [-0.25, -0.2) is 4.39 Å². The van der Waals surface area contributed by atoms with E-state index in [1.807, 2.05) is 61.5 Å². The Kier molecular flexibility index (Phi) is 5.82. The van der Waals surface area contributed by atoms with Crippen molar-refractivity contribution in [2.24, 2.45) is 0 Å². The van der Waals surface area contributed by atoms with E-state index in [0.717, 1.165) is 51.1 Å². The highest BCUT2D eigenvalue weighted by molar-refractivity contribution is 6.00. The lowest BCUT2D eigenvalue weighted by molar-refractivity contribution is 0.260. The normalized spacial score (nSPS) is 11.6. The molecule has 0 spiro atoms. The molecule has 0 radical (unpaired) electrons. The van der Waals surface area contributed by atoms with E-state index in [1.54, 1.807) is 18.6 Å². The van der Waals surface area contributed by atoms with Crippen LogP contribution >= 0.6 is 0 Å². The van der Waals surface area contributed by atoms with Gasteiger partial charge in [0, 0.05) is 46.9 Å². The molecule has 0 unspecified atom stereocenters. The van der Waals surface area contributed by atoms with Crippen molar-refractivity contribution < 1.29 is 9.13 Å². The quantitative estimate of drug-likeness (QED) is 0.313. The first kappa shape index (κ1) is 22.8. The number of hydrogen-bond donors (Lipinski definition) is 2. The molecule has 6 rings (SSSR count). The van der Waals surface area contributed by atoms with Gasteiger partial charge in [-0.3, -0.25) is 20.1 Å². The predicted molar refractivity (Wildman–Crippen MR) is 142 cm³/mol. The maximum Gasteiger partial charge on any atom is 0.127 e. The van der Waals surface area contributed by atoms with Gasteiger partial charge in [-0.15, -0.1) is 0 Å². The molecule has 0 aliphatic heterocycles. The summed E-state index contributed by atoms with van der Waals surface area (Å²) in [5.74, 6) is 0.0963. The molecule has 0 fully saturated rings. The zero-order valence-electron chi connectivity index (χ0n) is 20.4. The van der Waals surface area contributed by atoms with E-state index in [-0.39, 0.29) is 5.82 Å². The molecule has 5 heterocycles. The van der Waals surface area contributed by atoms with E-state index < -0.39 is 0 Å². The number of pyridine rings is 3. The van der Waals surface area contributed by atoms with Crippen LogP contribution in [0.15, 0.2) is 73.2 Å². The number of aromatic amines is 2. The third kappa shape index (κ3) is 4.52. The lowest BCUT2D eigenvalue weighted by Crippen LogP contribution is -2.19. The first-order chi connectivity index (χ1) is 18.0. The first-order valence-corrected chi connectivity index (χ1v) is 11.9. The Hall–Kier alpha value is -4.63. The van der Waals surface area contributed by atoms with Crippen molar-refractivity contribution in [3.8, 4) is 39.8 Å². The highest BCUT2D eigenvalue weighted by Gasteiger charge is 2.16. The van der Waals surface area contributed by atoms with Gasteiger partial charge in [0.15, 0.2) is 0 Å². The van der Waals surface area contributed by atoms with Crippen molar-refractivity contribution in [2.75, 3.05) is 27.2 Å². The monoisotopic (exact) mass is 493 g/mol. The molecular weight excluding hydrogens is 469 g/mol. The van der Waals surface area contributed by atoms with E-state index >= 15 is 0 Å². The first-order valence-electron chi connectivity index (χ1n) is 11.9. The van der Waals surface area contributed by atoms with Crippen molar-refractivity contribution >= 4 is 21.8 Å². The summed E-state index contributed by atoms with van der Waals surface area (Å²) in [4.78, 5) is 19.0. The largest absolute Gasteiger partial charge is 0.492 e. The van der Waals surface area contributed by atoms with Gasteiger partial charge < -0.3 is 14.6 Å². The smallest absolute Gasteiger partial charge is 0.127 e. The van der Waals surface area contributed by atoms with Crippen LogP contribution in [0, 0.1) is 5.82 Å². The second-order valence-electron chi connectivity index (χ2n) is 9.03. The number of ether oxygens (including phenoxy) is 1. The van der Waals surface area contributed by atoms with Crippen molar-refractivity contribution in [1.82, 2.24) is 35.0 Å². The van der Waals surface area contributed by atoms with Gasteiger partial charge in [-0.05, 0) is 56.6 Å². The highest BCUT2D eigenvalue weighted by Crippen LogP contribution is 2.35. The summed E-state index contributed by atoms with van der Waals surface area (Å²) in [5.41, 5.74) is 6.10. The Bertz CT molecular complexity index is 1710. The van der Waals surface area contributed by atoms with Crippen molar-refractivity contribution in [1.29, 1.82) is 0 Å². The summed E-state index contributed by atoms with van der Waals surface area (Å²) in [6.07, 6.45) is 5.21. The summed E-state index contributed by atoms with van der Waals surface area (Å²) >= 11 is 0. The van der Waals surface area contributed by atoms with Crippen LogP contribution in [0.2, 0.25) is 0 Å². The molecule has 0 aliphatic rings. The van der Waals surface area contributed by atoms with Crippen LogP contribution in [0.1, 0.15) is 0 Å². The van der Waals surface area contributed by atoms with Crippen LogP contribution in [0.5, 0.6) is 5.75 Å². The Balaban J connectivity index is 1.41. The molecule has 6 aromatic rings. The molecule has 1 aromatic carbocycles. The maximum absolute atomic E-state index is 14.5. The lowest BCUT2D eigenvalue weighted by Gasteiger charge is -2.12. The Morgan fingerprint density at radius 2 is 1.76 bits per heavy atom. The average molecular weight is 494 g/mol. The van der Waals surface area contributed by atoms with E-state index in [1.165, 1.54) is 12.1 Å². The average Bonchev–Trinajstić information content (AvgIpc) is 3.52. The number of benzene rings is 1. The summed E-state index contributed by atoms with van der Waals surface area (Å²) in [6.45, 7) is 1.19. The lowest BCUT2D eigenvalue weighted by atomic mass is 10.1. The number of fused-ring (bicyclic) bond motifs is 2. The molecule has 0 atom stereocenters. The number of halogens is 1.